The van der Waals surface area contributed by atoms with E-state index in [9.17, 15) is 14.4 Å². The van der Waals surface area contributed by atoms with Crippen LogP contribution in [0.2, 0.25) is 0 Å². The number of amides is 4. The van der Waals surface area contributed by atoms with Crippen LogP contribution in [-0.4, -0.2) is 35.8 Å². The van der Waals surface area contributed by atoms with E-state index >= 15 is 0 Å². The van der Waals surface area contributed by atoms with Crippen LogP contribution in [0, 0.1) is 0 Å². The Morgan fingerprint density at radius 3 is 2.27 bits per heavy atom. The Bertz CT molecular complexity index is 1050. The van der Waals surface area contributed by atoms with Crippen LogP contribution in [0.4, 0.5) is 4.79 Å². The average molecular weight is 403 g/mol. The van der Waals surface area contributed by atoms with Gasteiger partial charge in [-0.15, -0.1) is 0 Å². The van der Waals surface area contributed by atoms with Crippen molar-refractivity contribution in [1.29, 1.82) is 0 Å². The zero-order valence-corrected chi connectivity index (χ0v) is 16.9. The van der Waals surface area contributed by atoms with E-state index in [0.29, 0.717) is 6.42 Å². The van der Waals surface area contributed by atoms with E-state index in [1.54, 1.807) is 7.05 Å². The highest BCUT2D eigenvalue weighted by Gasteiger charge is 2.27. The summed E-state index contributed by atoms with van der Waals surface area (Å²) in [6.45, 7) is 0. The molecular formula is C24H25N3O3. The number of carbonyl (C=O) groups is 3. The van der Waals surface area contributed by atoms with Crippen LogP contribution in [0.1, 0.15) is 17.5 Å². The molecule has 0 spiro atoms. The topological polar surface area (TPSA) is 92.5 Å². The van der Waals surface area contributed by atoms with Gasteiger partial charge in [0.2, 0.25) is 5.91 Å². The van der Waals surface area contributed by atoms with Gasteiger partial charge < -0.3 is 10.6 Å². The third-order valence-corrected chi connectivity index (χ3v) is 5.12. The van der Waals surface area contributed by atoms with Gasteiger partial charge in [0.05, 0.1) is 0 Å². The van der Waals surface area contributed by atoms with Crippen molar-refractivity contribution in [2.45, 2.75) is 25.3 Å². The van der Waals surface area contributed by atoms with Gasteiger partial charge in [0.25, 0.3) is 5.91 Å². The Balaban J connectivity index is 1.70. The minimum atomic E-state index is -0.935. The Hall–Kier alpha value is -3.67. The molecule has 0 saturated heterocycles. The summed E-state index contributed by atoms with van der Waals surface area (Å²) in [5.74, 6) is -0.767. The molecule has 3 rings (SSSR count). The second-order valence-electron chi connectivity index (χ2n) is 7.25. The van der Waals surface area contributed by atoms with Crippen LogP contribution in [-0.2, 0) is 22.4 Å². The molecule has 6 heteroatoms. The summed E-state index contributed by atoms with van der Waals surface area (Å²) in [4.78, 5) is 37.9. The van der Waals surface area contributed by atoms with Gasteiger partial charge in [-0.1, -0.05) is 72.8 Å². The number of primary amides is 1. The number of likely N-dealkylation sites (N-methyl/N-ethyl adjacent to an activating group) is 1. The van der Waals surface area contributed by atoms with E-state index in [2.05, 4.69) is 11.4 Å². The molecule has 154 valence electrons. The van der Waals surface area contributed by atoms with Crippen LogP contribution in [0.3, 0.4) is 0 Å². The number of nitrogens with two attached hydrogens (primary N) is 1. The third kappa shape index (κ3) is 5.44. The zero-order chi connectivity index (χ0) is 21.5. The number of imide groups is 1. The fraction of sp³-hybridized carbons (Fsp3) is 0.208. The van der Waals surface area contributed by atoms with Gasteiger partial charge in [0.15, 0.2) is 0 Å². The predicted octanol–water partition coefficient (Wildman–Crippen LogP) is 3.04. The number of urea groups is 1. The summed E-state index contributed by atoms with van der Waals surface area (Å²) < 4.78 is 0. The summed E-state index contributed by atoms with van der Waals surface area (Å²) in [5, 5.41) is 4.37. The van der Waals surface area contributed by atoms with Gasteiger partial charge in [-0.25, -0.2) is 4.79 Å². The molecular weight excluding hydrogens is 378 g/mol. The normalized spacial score (nSPS) is 11.6. The van der Waals surface area contributed by atoms with Crippen molar-refractivity contribution in [3.8, 4) is 0 Å². The maximum absolute atomic E-state index is 12.8. The molecule has 1 atom stereocenters. The van der Waals surface area contributed by atoms with Gasteiger partial charge in [-0.05, 0) is 28.3 Å². The van der Waals surface area contributed by atoms with Gasteiger partial charge in [0.1, 0.15) is 6.04 Å². The Morgan fingerprint density at radius 1 is 0.900 bits per heavy atom. The molecule has 6 nitrogen and oxygen atoms in total. The molecule has 0 aliphatic carbocycles. The second kappa shape index (κ2) is 9.69. The SMILES string of the molecule is CN(C(=O)CCc1ccc2ccccc2c1)[C@H](Cc1ccccc1)C(=O)NC(N)=O. The maximum atomic E-state index is 12.8. The van der Waals surface area contributed by atoms with Crippen molar-refractivity contribution in [3.05, 3.63) is 83.9 Å². The Labute approximate surface area is 175 Å². The van der Waals surface area contributed by atoms with Crippen molar-refractivity contribution in [2.75, 3.05) is 7.05 Å². The lowest BCUT2D eigenvalue weighted by Crippen LogP contribution is -2.51. The first-order valence-corrected chi connectivity index (χ1v) is 9.81. The van der Waals surface area contributed by atoms with E-state index < -0.39 is 18.0 Å². The molecule has 0 bridgehead atoms. The summed E-state index contributed by atoms with van der Waals surface area (Å²) in [5.41, 5.74) is 7.04. The lowest BCUT2D eigenvalue weighted by atomic mass is 10.0. The molecule has 4 amide bonds. The summed E-state index contributed by atoms with van der Waals surface area (Å²) in [6, 6.07) is 21.8. The fourth-order valence-corrected chi connectivity index (χ4v) is 3.44. The molecule has 3 aromatic rings. The van der Waals surface area contributed by atoms with Crippen LogP contribution in [0.15, 0.2) is 72.8 Å². The smallest absolute Gasteiger partial charge is 0.318 e. The number of hydrogen-bond acceptors (Lipinski definition) is 3. The maximum Gasteiger partial charge on any atom is 0.318 e. The van der Waals surface area contributed by atoms with Crippen molar-refractivity contribution in [2.24, 2.45) is 5.73 Å². The van der Waals surface area contributed by atoms with E-state index in [0.717, 1.165) is 21.9 Å². The number of nitrogens with one attached hydrogen (secondary N) is 1. The second-order valence-corrected chi connectivity index (χ2v) is 7.25. The summed E-state index contributed by atoms with van der Waals surface area (Å²) in [7, 11) is 1.58. The van der Waals surface area contributed by atoms with E-state index in [-0.39, 0.29) is 18.7 Å². The first-order chi connectivity index (χ1) is 14.4. The largest absolute Gasteiger partial charge is 0.351 e. The number of fused-ring (bicyclic) bond motifs is 1. The van der Waals surface area contributed by atoms with Crippen molar-refractivity contribution < 1.29 is 14.4 Å². The van der Waals surface area contributed by atoms with Crippen LogP contribution in [0.5, 0.6) is 0 Å². The quantitative estimate of drug-likeness (QED) is 0.635. The fourth-order valence-electron chi connectivity index (χ4n) is 3.44. The molecule has 0 fully saturated rings. The number of nitrogens with zero attached hydrogens (tertiary/aromatic N) is 1. The van der Waals surface area contributed by atoms with E-state index in [1.807, 2.05) is 66.7 Å². The third-order valence-electron chi connectivity index (χ3n) is 5.12. The molecule has 0 aliphatic rings. The Kier molecular flexibility index (Phi) is 6.80. The molecule has 0 radical (unpaired) electrons. The first-order valence-electron chi connectivity index (χ1n) is 9.81. The average Bonchev–Trinajstić information content (AvgIpc) is 2.75. The van der Waals surface area contributed by atoms with Gasteiger partial charge in [0, 0.05) is 19.9 Å². The number of aryl methyl sites for hydroxylation is 1. The molecule has 3 N–H and O–H groups in total. The minimum absolute atomic E-state index is 0.177. The minimum Gasteiger partial charge on any atom is -0.351 e. The molecule has 30 heavy (non-hydrogen) atoms. The lowest BCUT2D eigenvalue weighted by molar-refractivity contribution is -0.138. The highest BCUT2D eigenvalue weighted by Crippen LogP contribution is 2.17. The number of carbonyl (C=O) groups excluding carboxylic acids is 3. The Morgan fingerprint density at radius 2 is 1.57 bits per heavy atom. The molecule has 0 unspecified atom stereocenters. The monoisotopic (exact) mass is 403 g/mol. The first kappa shape index (κ1) is 21.0. The summed E-state index contributed by atoms with van der Waals surface area (Å²) in [6.07, 6.45) is 1.10. The van der Waals surface area contributed by atoms with Crippen LogP contribution >= 0.6 is 0 Å². The van der Waals surface area contributed by atoms with Crippen molar-refractivity contribution in [1.82, 2.24) is 10.2 Å². The molecule has 0 aromatic heterocycles. The van der Waals surface area contributed by atoms with Gasteiger partial charge in [-0.3, -0.25) is 14.9 Å². The molecule has 0 saturated carbocycles. The molecule has 3 aromatic carbocycles. The lowest BCUT2D eigenvalue weighted by Gasteiger charge is -2.27. The number of benzene rings is 3. The number of hydrogen-bond donors (Lipinski definition) is 2. The van der Waals surface area contributed by atoms with Gasteiger partial charge >= 0.3 is 6.03 Å². The van der Waals surface area contributed by atoms with Gasteiger partial charge in [-0.2, -0.15) is 0 Å². The highest BCUT2D eigenvalue weighted by molar-refractivity contribution is 5.98. The van der Waals surface area contributed by atoms with Crippen molar-refractivity contribution >= 4 is 28.6 Å². The van der Waals surface area contributed by atoms with E-state index in [4.69, 9.17) is 5.73 Å². The molecule has 0 heterocycles. The summed E-state index contributed by atoms with van der Waals surface area (Å²) >= 11 is 0. The molecule has 0 aliphatic heterocycles. The van der Waals surface area contributed by atoms with Crippen LogP contribution < -0.4 is 11.1 Å². The zero-order valence-electron chi connectivity index (χ0n) is 16.9. The number of rotatable bonds is 7. The van der Waals surface area contributed by atoms with Crippen LogP contribution in [0.25, 0.3) is 10.8 Å². The van der Waals surface area contributed by atoms with E-state index in [1.165, 1.54) is 4.90 Å². The highest BCUT2D eigenvalue weighted by atomic mass is 16.2. The standard InChI is InChI=1S/C24H25N3O3/c1-27(21(23(29)26-24(25)30)16-17-7-3-2-4-8-17)22(28)14-12-18-11-13-19-9-5-6-10-20(19)15-18/h2-11,13,15,21H,12,14,16H2,1H3,(H3,25,26,29,30)/t21-/m1/s1. The predicted molar refractivity (Wildman–Crippen MR) is 117 cm³/mol. The van der Waals surface area contributed by atoms with Crippen molar-refractivity contribution in [3.63, 3.8) is 0 Å².